The maximum absolute atomic E-state index is 14.5. The van der Waals surface area contributed by atoms with Gasteiger partial charge in [0.2, 0.25) is 11.8 Å². The van der Waals surface area contributed by atoms with Crippen molar-refractivity contribution < 1.29 is 14.4 Å². The van der Waals surface area contributed by atoms with Crippen LogP contribution < -0.4 is 15.8 Å². The second-order valence-electron chi connectivity index (χ2n) is 10.7. The van der Waals surface area contributed by atoms with E-state index in [2.05, 4.69) is 5.32 Å². The third kappa shape index (κ3) is 3.36. The number of pyridine rings is 1. The summed E-state index contributed by atoms with van der Waals surface area (Å²) >= 11 is 0. The number of hydrogen-bond donors (Lipinski definition) is 1. The molecule has 9 nitrogen and oxygen atoms in total. The molecule has 0 saturated carbocycles. The highest BCUT2D eigenvalue weighted by Crippen LogP contribution is 2.52. The first kappa shape index (κ1) is 24.3. The van der Waals surface area contributed by atoms with Crippen molar-refractivity contribution in [2.45, 2.75) is 32.2 Å². The third-order valence-electron chi connectivity index (χ3n) is 8.56. The molecule has 2 atom stereocenters. The number of urea groups is 1. The molecule has 3 aliphatic rings. The molecule has 1 spiro atoms. The molecule has 1 saturated heterocycles. The number of imide groups is 2. The van der Waals surface area contributed by atoms with E-state index in [1.807, 2.05) is 72.5 Å². The maximum atomic E-state index is 14.5. The number of anilines is 1. The Morgan fingerprint density at radius 1 is 0.975 bits per heavy atom. The van der Waals surface area contributed by atoms with Crippen LogP contribution in [-0.2, 0) is 28.9 Å². The normalized spacial score (nSPS) is 21.7. The second-order valence-corrected chi connectivity index (χ2v) is 10.7. The van der Waals surface area contributed by atoms with Gasteiger partial charge < -0.3 is 4.90 Å². The van der Waals surface area contributed by atoms with Crippen molar-refractivity contribution in [3.8, 4) is 0 Å². The van der Waals surface area contributed by atoms with Gasteiger partial charge in [0.15, 0.2) is 5.41 Å². The lowest BCUT2D eigenvalue weighted by molar-refractivity contribution is -0.154. The molecule has 0 aliphatic carbocycles. The molecule has 0 unspecified atom stereocenters. The number of benzene rings is 2. The molecule has 4 amide bonds. The van der Waals surface area contributed by atoms with Crippen LogP contribution in [0.25, 0.3) is 5.65 Å². The minimum absolute atomic E-state index is 0.110. The number of hydrogen-bond acceptors (Lipinski definition) is 6. The van der Waals surface area contributed by atoms with E-state index in [1.54, 1.807) is 12.3 Å². The van der Waals surface area contributed by atoms with Gasteiger partial charge in [-0.25, -0.2) is 9.78 Å². The number of rotatable bonds is 3. The number of nitrogens with one attached hydrogen (secondary N) is 1. The lowest BCUT2D eigenvalue weighted by Gasteiger charge is -2.53. The van der Waals surface area contributed by atoms with Gasteiger partial charge in [0.25, 0.3) is 5.56 Å². The van der Waals surface area contributed by atoms with Crippen LogP contribution in [0.2, 0.25) is 0 Å². The molecule has 2 aromatic carbocycles. The van der Waals surface area contributed by atoms with Crippen LogP contribution in [0.5, 0.6) is 0 Å². The van der Waals surface area contributed by atoms with Gasteiger partial charge >= 0.3 is 6.03 Å². The van der Waals surface area contributed by atoms with Gasteiger partial charge in [0.1, 0.15) is 11.5 Å². The van der Waals surface area contributed by atoms with Crippen LogP contribution >= 0.6 is 0 Å². The van der Waals surface area contributed by atoms with E-state index in [-0.39, 0.29) is 18.5 Å². The van der Waals surface area contributed by atoms with Gasteiger partial charge in [-0.05, 0) is 48.1 Å². The Hall–Kier alpha value is -4.79. The number of barbiturate groups is 1. The SMILES string of the molecule is Cc1cccn2c(=O)c3c(nc12)N1CCc2ccccc2[C@@H]1[C@]1(C3)C(=O)NC(=O)N(CCc2ccccc2)C1=O. The van der Waals surface area contributed by atoms with Gasteiger partial charge in [-0.1, -0.05) is 60.7 Å². The summed E-state index contributed by atoms with van der Waals surface area (Å²) in [4.78, 5) is 63.5. The maximum Gasteiger partial charge on any atom is 0.330 e. The predicted molar refractivity (Wildman–Crippen MR) is 148 cm³/mol. The highest BCUT2D eigenvalue weighted by atomic mass is 16.2. The Bertz CT molecular complexity index is 1780. The molecule has 40 heavy (non-hydrogen) atoms. The standard InChI is InChI=1S/C31H27N5O4/c1-19-8-7-15-35-25(19)32-26-23(27(35)37)18-31(24-22-12-6-5-11-21(22)14-17-34(24)26)28(38)33-30(40)36(29(31)39)16-13-20-9-3-2-4-10-20/h2-12,15,24H,13-14,16-18H2,1H3,(H,33,38,40)/t24-,31-/m1/s1. The largest absolute Gasteiger partial charge is 0.347 e. The molecule has 200 valence electrons. The van der Waals surface area contributed by atoms with E-state index in [0.717, 1.165) is 27.2 Å². The zero-order chi connectivity index (χ0) is 27.6. The van der Waals surface area contributed by atoms with Crippen LogP contribution in [0, 0.1) is 12.3 Å². The fourth-order valence-corrected chi connectivity index (χ4v) is 6.61. The number of carbonyl (C=O) groups excluding carboxylic acids is 3. The summed E-state index contributed by atoms with van der Waals surface area (Å²) in [6.45, 7) is 2.48. The average molecular weight is 534 g/mol. The van der Waals surface area contributed by atoms with Crippen molar-refractivity contribution in [3.05, 3.63) is 111 Å². The van der Waals surface area contributed by atoms with E-state index >= 15 is 0 Å². The molecule has 4 aromatic rings. The Morgan fingerprint density at radius 3 is 2.58 bits per heavy atom. The summed E-state index contributed by atoms with van der Waals surface area (Å²) in [6.07, 6.45) is 2.62. The summed E-state index contributed by atoms with van der Waals surface area (Å²) in [5.74, 6) is -0.759. The van der Waals surface area contributed by atoms with E-state index < -0.39 is 29.3 Å². The van der Waals surface area contributed by atoms with Crippen LogP contribution in [0.4, 0.5) is 10.6 Å². The smallest absolute Gasteiger partial charge is 0.330 e. The molecule has 0 bridgehead atoms. The first-order valence-corrected chi connectivity index (χ1v) is 13.5. The lowest BCUT2D eigenvalue weighted by Crippen LogP contribution is -2.70. The zero-order valence-corrected chi connectivity index (χ0v) is 22.0. The number of amides is 4. The van der Waals surface area contributed by atoms with E-state index in [1.165, 1.54) is 4.40 Å². The van der Waals surface area contributed by atoms with Crippen LogP contribution in [-0.4, -0.2) is 45.2 Å². The highest BCUT2D eigenvalue weighted by molar-refractivity contribution is 6.20. The fraction of sp³-hybridized carbons (Fsp3) is 0.258. The van der Waals surface area contributed by atoms with Crippen LogP contribution in [0.3, 0.4) is 0 Å². The molecule has 1 fully saturated rings. The van der Waals surface area contributed by atoms with Gasteiger partial charge in [0, 0.05) is 25.7 Å². The number of aromatic nitrogens is 2. The van der Waals surface area contributed by atoms with Crippen molar-refractivity contribution in [1.29, 1.82) is 0 Å². The molecule has 5 heterocycles. The Morgan fingerprint density at radius 2 is 1.75 bits per heavy atom. The number of nitrogens with zero attached hydrogens (tertiary/aromatic N) is 4. The van der Waals surface area contributed by atoms with Gasteiger partial charge in [-0.2, -0.15) is 0 Å². The first-order chi connectivity index (χ1) is 19.4. The fourth-order valence-electron chi connectivity index (χ4n) is 6.61. The highest BCUT2D eigenvalue weighted by Gasteiger charge is 2.64. The molecular weight excluding hydrogens is 506 g/mol. The number of fused-ring (bicyclic) bond motifs is 7. The average Bonchev–Trinajstić information content (AvgIpc) is 2.97. The summed E-state index contributed by atoms with van der Waals surface area (Å²) in [7, 11) is 0. The molecular formula is C31H27N5O4. The third-order valence-corrected chi connectivity index (χ3v) is 8.56. The van der Waals surface area contributed by atoms with Crippen molar-refractivity contribution in [1.82, 2.24) is 19.6 Å². The Balaban J connectivity index is 1.43. The zero-order valence-electron chi connectivity index (χ0n) is 22.0. The summed E-state index contributed by atoms with van der Waals surface area (Å²) in [6, 6.07) is 19.6. The first-order valence-electron chi connectivity index (χ1n) is 13.5. The molecule has 3 aliphatic heterocycles. The summed E-state index contributed by atoms with van der Waals surface area (Å²) < 4.78 is 1.48. The topological polar surface area (TPSA) is 104 Å². The lowest BCUT2D eigenvalue weighted by atomic mass is 9.65. The van der Waals surface area contributed by atoms with Gasteiger partial charge in [-0.3, -0.25) is 29.0 Å². The Labute approximate surface area is 230 Å². The Kier molecular flexibility index (Phi) is 5.38. The van der Waals surface area contributed by atoms with Crippen molar-refractivity contribution in [2.24, 2.45) is 5.41 Å². The van der Waals surface area contributed by atoms with Gasteiger partial charge in [0.05, 0.1) is 11.6 Å². The van der Waals surface area contributed by atoms with Crippen molar-refractivity contribution >= 4 is 29.3 Å². The predicted octanol–water partition coefficient (Wildman–Crippen LogP) is 2.97. The van der Waals surface area contributed by atoms with Crippen LogP contribution in [0.1, 0.15) is 33.9 Å². The molecule has 1 N–H and O–H groups in total. The minimum Gasteiger partial charge on any atom is -0.347 e. The van der Waals surface area contributed by atoms with Crippen molar-refractivity contribution in [3.63, 3.8) is 0 Å². The van der Waals surface area contributed by atoms with E-state index in [9.17, 15) is 19.2 Å². The van der Waals surface area contributed by atoms with E-state index in [4.69, 9.17) is 4.98 Å². The summed E-state index contributed by atoms with van der Waals surface area (Å²) in [5.41, 5.74) is 2.51. The molecule has 2 aromatic heterocycles. The van der Waals surface area contributed by atoms with Crippen LogP contribution in [0.15, 0.2) is 77.7 Å². The minimum atomic E-state index is -1.72. The monoisotopic (exact) mass is 533 g/mol. The van der Waals surface area contributed by atoms with Crippen molar-refractivity contribution in [2.75, 3.05) is 18.0 Å². The molecule has 0 radical (unpaired) electrons. The number of carbonyl (C=O) groups is 3. The quantitative estimate of drug-likeness (QED) is 0.406. The molecule has 7 rings (SSSR count). The second kappa shape index (κ2) is 8.87. The molecule has 9 heteroatoms. The van der Waals surface area contributed by atoms with E-state index in [0.29, 0.717) is 36.4 Å². The number of aryl methyl sites for hydroxylation is 1. The summed E-state index contributed by atoms with van der Waals surface area (Å²) in [5, 5.41) is 2.49. The van der Waals surface area contributed by atoms with Gasteiger partial charge in [-0.15, -0.1) is 0 Å².